The van der Waals surface area contributed by atoms with Crippen molar-refractivity contribution in [3.63, 3.8) is 0 Å². The van der Waals surface area contributed by atoms with Gasteiger partial charge in [0.25, 0.3) is 0 Å². The van der Waals surface area contributed by atoms with Crippen LogP contribution in [0.15, 0.2) is 0 Å². The van der Waals surface area contributed by atoms with E-state index in [4.69, 9.17) is 4.74 Å². The fourth-order valence-electron chi connectivity index (χ4n) is 2.15. The molecule has 3 nitrogen and oxygen atoms in total. The second kappa shape index (κ2) is 4.96. The Labute approximate surface area is 103 Å². The normalized spacial score (nSPS) is 21.8. The van der Waals surface area contributed by atoms with Crippen molar-refractivity contribution in [2.75, 3.05) is 32.5 Å². The molecule has 0 spiro atoms. The summed E-state index contributed by atoms with van der Waals surface area (Å²) in [6, 6.07) is 0. The Hall–Kier alpha value is -0.220. The third-order valence-corrected chi connectivity index (χ3v) is 4.16. The van der Waals surface area contributed by atoms with E-state index in [-0.39, 0.29) is 5.97 Å². The molecule has 1 fully saturated rings. The van der Waals surface area contributed by atoms with Crippen LogP contribution in [0.2, 0.25) is 0 Å². The van der Waals surface area contributed by atoms with Crippen LogP contribution in [0, 0.1) is 5.41 Å². The Morgan fingerprint density at radius 1 is 1.50 bits per heavy atom. The Morgan fingerprint density at radius 3 is 2.62 bits per heavy atom. The molecule has 0 unspecified atom stereocenters. The van der Waals surface area contributed by atoms with Crippen molar-refractivity contribution >= 4 is 17.7 Å². The molecule has 94 valence electrons. The second-order valence-electron chi connectivity index (χ2n) is 5.69. The first kappa shape index (κ1) is 13.8. The predicted octanol–water partition coefficient (Wildman–Crippen LogP) is 2.01. The average Bonchev–Trinajstić information content (AvgIpc) is 2.14. The van der Waals surface area contributed by atoms with Gasteiger partial charge in [-0.3, -0.25) is 4.79 Å². The van der Waals surface area contributed by atoms with E-state index in [2.05, 4.69) is 18.7 Å². The molecule has 0 aromatic heterocycles. The molecule has 0 aliphatic carbocycles. The van der Waals surface area contributed by atoms with Crippen LogP contribution >= 0.6 is 11.8 Å². The fraction of sp³-hybridized carbons (Fsp3) is 0.917. The van der Waals surface area contributed by atoms with Gasteiger partial charge in [0.2, 0.25) is 0 Å². The van der Waals surface area contributed by atoms with E-state index in [1.807, 2.05) is 25.6 Å². The molecule has 0 amide bonds. The minimum absolute atomic E-state index is 0.122. The van der Waals surface area contributed by atoms with Gasteiger partial charge in [-0.15, -0.1) is 0 Å². The number of esters is 1. The Bertz CT molecular complexity index is 264. The van der Waals surface area contributed by atoms with E-state index in [1.165, 1.54) is 7.11 Å². The summed E-state index contributed by atoms with van der Waals surface area (Å²) in [6.45, 7) is 11.3. The SMILES string of the molecule is COC(=O)C(C)(C)CN1CCSC(C)(C)C1. The summed E-state index contributed by atoms with van der Waals surface area (Å²) < 4.78 is 5.13. The average molecular weight is 245 g/mol. The molecule has 0 aromatic rings. The Kier molecular flexibility index (Phi) is 4.29. The second-order valence-corrected chi connectivity index (χ2v) is 7.50. The van der Waals surface area contributed by atoms with E-state index in [1.54, 1.807) is 0 Å². The molecule has 1 aliphatic heterocycles. The van der Waals surface area contributed by atoms with E-state index in [0.29, 0.717) is 4.75 Å². The zero-order chi connectivity index (χ0) is 12.4. The van der Waals surface area contributed by atoms with Crippen LogP contribution in [0.3, 0.4) is 0 Å². The van der Waals surface area contributed by atoms with Gasteiger partial charge >= 0.3 is 5.97 Å². The lowest BCUT2D eigenvalue weighted by Gasteiger charge is -2.40. The molecular formula is C12H23NO2S. The van der Waals surface area contributed by atoms with Crippen molar-refractivity contribution in [1.82, 2.24) is 4.90 Å². The van der Waals surface area contributed by atoms with Crippen LogP contribution in [0.25, 0.3) is 0 Å². The number of hydrogen-bond donors (Lipinski definition) is 0. The number of thioether (sulfide) groups is 1. The van der Waals surface area contributed by atoms with Crippen molar-refractivity contribution in [1.29, 1.82) is 0 Å². The van der Waals surface area contributed by atoms with E-state index < -0.39 is 5.41 Å². The number of hydrogen-bond acceptors (Lipinski definition) is 4. The summed E-state index contributed by atoms with van der Waals surface area (Å²) in [6.07, 6.45) is 0. The third-order valence-electron chi connectivity index (χ3n) is 2.86. The van der Waals surface area contributed by atoms with Gasteiger partial charge in [0.05, 0.1) is 12.5 Å². The molecule has 0 atom stereocenters. The molecule has 0 bridgehead atoms. The first-order valence-electron chi connectivity index (χ1n) is 5.72. The molecule has 0 aromatic carbocycles. The maximum atomic E-state index is 11.6. The summed E-state index contributed by atoms with van der Waals surface area (Å²) in [5.41, 5.74) is -0.410. The van der Waals surface area contributed by atoms with E-state index in [9.17, 15) is 4.79 Å². The maximum absolute atomic E-state index is 11.6. The summed E-state index contributed by atoms with van der Waals surface area (Å²) in [5, 5.41) is 0. The van der Waals surface area contributed by atoms with Gasteiger partial charge in [0, 0.05) is 30.1 Å². The third kappa shape index (κ3) is 3.67. The molecule has 1 saturated heterocycles. The fourth-order valence-corrected chi connectivity index (χ4v) is 3.32. The highest BCUT2D eigenvalue weighted by molar-refractivity contribution is 8.00. The van der Waals surface area contributed by atoms with Crippen LogP contribution < -0.4 is 0 Å². The number of rotatable bonds is 3. The van der Waals surface area contributed by atoms with Crippen LogP contribution in [0.1, 0.15) is 27.7 Å². The number of ether oxygens (including phenoxy) is 1. The van der Waals surface area contributed by atoms with Gasteiger partial charge in [0.15, 0.2) is 0 Å². The van der Waals surface area contributed by atoms with Crippen LogP contribution in [0.5, 0.6) is 0 Å². The van der Waals surface area contributed by atoms with Crippen LogP contribution in [-0.4, -0.2) is 48.1 Å². The van der Waals surface area contributed by atoms with Gasteiger partial charge in [-0.1, -0.05) is 0 Å². The van der Waals surface area contributed by atoms with Crippen LogP contribution in [0.4, 0.5) is 0 Å². The highest BCUT2D eigenvalue weighted by Gasteiger charge is 2.35. The molecule has 0 radical (unpaired) electrons. The first-order chi connectivity index (χ1) is 7.27. The Balaban J connectivity index is 2.57. The quantitative estimate of drug-likeness (QED) is 0.711. The van der Waals surface area contributed by atoms with Gasteiger partial charge < -0.3 is 9.64 Å². The number of methoxy groups -OCH3 is 1. The zero-order valence-corrected chi connectivity index (χ0v) is 11.8. The number of carbonyl (C=O) groups excluding carboxylic acids is 1. The molecule has 1 rings (SSSR count). The van der Waals surface area contributed by atoms with Crippen molar-refractivity contribution in [2.24, 2.45) is 5.41 Å². The molecule has 0 N–H and O–H groups in total. The number of nitrogens with zero attached hydrogens (tertiary/aromatic N) is 1. The van der Waals surface area contributed by atoms with Crippen molar-refractivity contribution in [2.45, 2.75) is 32.4 Å². The smallest absolute Gasteiger partial charge is 0.312 e. The minimum Gasteiger partial charge on any atom is -0.469 e. The monoisotopic (exact) mass is 245 g/mol. The minimum atomic E-state index is -0.410. The van der Waals surface area contributed by atoms with E-state index >= 15 is 0 Å². The van der Waals surface area contributed by atoms with Gasteiger partial charge in [0.1, 0.15) is 0 Å². The molecule has 16 heavy (non-hydrogen) atoms. The lowest BCUT2D eigenvalue weighted by atomic mass is 9.92. The van der Waals surface area contributed by atoms with Gasteiger partial charge in [-0.05, 0) is 27.7 Å². The van der Waals surface area contributed by atoms with Gasteiger partial charge in [-0.2, -0.15) is 11.8 Å². The molecule has 0 saturated carbocycles. The number of carbonyl (C=O) groups is 1. The summed E-state index contributed by atoms with van der Waals surface area (Å²) in [4.78, 5) is 14.0. The standard InChI is InChI=1S/C12H23NO2S/c1-11(2,10(14)15-5)8-13-6-7-16-12(3,4)9-13/h6-9H2,1-5H3. The largest absolute Gasteiger partial charge is 0.469 e. The first-order valence-corrected chi connectivity index (χ1v) is 6.70. The summed E-state index contributed by atoms with van der Waals surface area (Å²) in [5.74, 6) is 1.02. The lowest BCUT2D eigenvalue weighted by molar-refractivity contribution is -0.151. The molecule has 4 heteroatoms. The summed E-state index contributed by atoms with van der Waals surface area (Å²) in [7, 11) is 1.46. The van der Waals surface area contributed by atoms with Crippen molar-refractivity contribution in [3.05, 3.63) is 0 Å². The van der Waals surface area contributed by atoms with Crippen LogP contribution in [-0.2, 0) is 9.53 Å². The molecule has 1 heterocycles. The molecule has 1 aliphatic rings. The Morgan fingerprint density at radius 2 is 2.12 bits per heavy atom. The van der Waals surface area contributed by atoms with Crippen molar-refractivity contribution in [3.8, 4) is 0 Å². The highest BCUT2D eigenvalue weighted by atomic mass is 32.2. The lowest BCUT2D eigenvalue weighted by Crippen LogP contribution is -2.48. The topological polar surface area (TPSA) is 29.5 Å². The molecular weight excluding hydrogens is 222 g/mol. The van der Waals surface area contributed by atoms with Gasteiger partial charge in [-0.25, -0.2) is 0 Å². The van der Waals surface area contributed by atoms with Crippen molar-refractivity contribution < 1.29 is 9.53 Å². The highest BCUT2D eigenvalue weighted by Crippen LogP contribution is 2.31. The van der Waals surface area contributed by atoms with E-state index in [0.717, 1.165) is 25.4 Å². The summed E-state index contributed by atoms with van der Waals surface area (Å²) >= 11 is 2.01. The maximum Gasteiger partial charge on any atom is 0.312 e. The predicted molar refractivity (Wildman–Crippen MR) is 68.8 cm³/mol. The zero-order valence-electron chi connectivity index (χ0n) is 11.0.